The van der Waals surface area contributed by atoms with E-state index >= 15 is 0 Å². The Morgan fingerprint density at radius 2 is 2.07 bits per heavy atom. The van der Waals surface area contributed by atoms with Gasteiger partial charge in [-0.15, -0.1) is 0 Å². The number of hydrogen-bond donors (Lipinski definition) is 2. The van der Waals surface area contributed by atoms with Crippen LogP contribution in [0.25, 0.3) is 0 Å². The molecule has 0 bridgehead atoms. The van der Waals surface area contributed by atoms with Crippen LogP contribution in [-0.2, 0) is 0 Å². The zero-order valence-electron chi connectivity index (χ0n) is 9.12. The largest absolute Gasteiger partial charge is 0.510 e. The predicted molar refractivity (Wildman–Crippen MR) is 60.0 cm³/mol. The van der Waals surface area contributed by atoms with Gasteiger partial charge in [-0.25, -0.2) is 0 Å². The summed E-state index contributed by atoms with van der Waals surface area (Å²) < 4.78 is 0. The Kier molecular flexibility index (Phi) is 3.81. The summed E-state index contributed by atoms with van der Waals surface area (Å²) in [5, 5.41) is 12.6. The first kappa shape index (κ1) is 10.9. The highest BCUT2D eigenvalue weighted by molar-refractivity contribution is 5.33. The Balaban J connectivity index is 0.000000293. The Hall–Kier alpha value is -1.18. The molecule has 0 aromatic rings. The van der Waals surface area contributed by atoms with Gasteiger partial charge in [-0.05, 0) is 19.2 Å². The molecule has 0 spiro atoms. The molecule has 2 atom stereocenters. The van der Waals surface area contributed by atoms with Crippen molar-refractivity contribution in [3.8, 4) is 0 Å². The molecule has 1 aliphatic heterocycles. The van der Waals surface area contributed by atoms with Crippen LogP contribution in [0.1, 0.15) is 27.2 Å². The summed E-state index contributed by atoms with van der Waals surface area (Å²) in [6, 6.07) is 0.0960. The zero-order chi connectivity index (χ0) is 10.6. The maximum Gasteiger partial charge on any atom is 0.116 e. The summed E-state index contributed by atoms with van der Waals surface area (Å²) in [7, 11) is 0. The summed E-state index contributed by atoms with van der Waals surface area (Å²) in [5.74, 6) is 0.792. The topological polar surface area (TPSA) is 32.3 Å². The molecule has 2 unspecified atom stereocenters. The van der Waals surface area contributed by atoms with Crippen molar-refractivity contribution in [1.29, 1.82) is 0 Å². The molecule has 0 aromatic heterocycles. The van der Waals surface area contributed by atoms with Crippen LogP contribution >= 0.6 is 0 Å². The van der Waals surface area contributed by atoms with E-state index < -0.39 is 0 Å². The SMILES string of the molecule is CC1=CC2C=CNC2C(O)=C1.CCC. The molecule has 78 valence electrons. The van der Waals surface area contributed by atoms with E-state index in [1.165, 1.54) is 6.42 Å². The minimum Gasteiger partial charge on any atom is -0.510 e. The van der Waals surface area contributed by atoms with E-state index in [-0.39, 0.29) is 6.04 Å². The average Bonchev–Trinajstić information content (AvgIpc) is 2.53. The first-order valence-corrected chi connectivity index (χ1v) is 5.20. The molecule has 14 heavy (non-hydrogen) atoms. The number of allylic oxidation sites excluding steroid dienone is 2. The van der Waals surface area contributed by atoms with E-state index in [0.717, 1.165) is 5.57 Å². The third-order valence-electron chi connectivity index (χ3n) is 2.13. The predicted octanol–water partition coefficient (Wildman–Crippen LogP) is 2.91. The van der Waals surface area contributed by atoms with Gasteiger partial charge < -0.3 is 10.4 Å². The first-order valence-electron chi connectivity index (χ1n) is 5.20. The smallest absolute Gasteiger partial charge is 0.116 e. The minimum absolute atomic E-state index is 0.0960. The lowest BCUT2D eigenvalue weighted by Crippen LogP contribution is -2.29. The van der Waals surface area contributed by atoms with Gasteiger partial charge in [-0.3, -0.25) is 0 Å². The van der Waals surface area contributed by atoms with Gasteiger partial charge in [0.05, 0.1) is 6.04 Å². The number of aliphatic hydroxyl groups is 1. The fourth-order valence-electron chi connectivity index (χ4n) is 1.60. The molecule has 0 fully saturated rings. The molecule has 1 aliphatic carbocycles. The highest BCUT2D eigenvalue weighted by Gasteiger charge is 2.26. The van der Waals surface area contributed by atoms with Crippen molar-refractivity contribution in [3.05, 3.63) is 35.8 Å². The van der Waals surface area contributed by atoms with E-state index in [0.29, 0.717) is 11.7 Å². The monoisotopic (exact) mass is 193 g/mol. The molecular weight excluding hydrogens is 174 g/mol. The molecule has 0 aromatic carbocycles. The number of aliphatic hydroxyl groups excluding tert-OH is 1. The number of fused-ring (bicyclic) bond motifs is 1. The number of hydrogen-bond acceptors (Lipinski definition) is 2. The third-order valence-corrected chi connectivity index (χ3v) is 2.13. The fourth-order valence-corrected chi connectivity index (χ4v) is 1.60. The molecule has 0 saturated heterocycles. The Morgan fingerprint density at radius 3 is 2.71 bits per heavy atom. The van der Waals surface area contributed by atoms with Gasteiger partial charge in [-0.1, -0.05) is 38.0 Å². The average molecular weight is 193 g/mol. The quantitative estimate of drug-likeness (QED) is 0.620. The standard InChI is InChI=1S/C9H11NO.C3H8/c1-6-4-7-2-3-10-9(7)8(11)5-6;1-3-2/h2-5,7,9-11H,1H3;3H2,1-2H3. The van der Waals surface area contributed by atoms with Gasteiger partial charge in [0.1, 0.15) is 5.76 Å². The maximum absolute atomic E-state index is 9.47. The fraction of sp³-hybridized carbons (Fsp3) is 0.500. The van der Waals surface area contributed by atoms with Crippen LogP contribution < -0.4 is 5.32 Å². The second-order valence-corrected chi connectivity index (χ2v) is 3.77. The number of nitrogens with one attached hydrogen (secondary N) is 1. The maximum atomic E-state index is 9.47. The van der Waals surface area contributed by atoms with E-state index in [1.807, 2.05) is 13.1 Å². The van der Waals surface area contributed by atoms with Crippen molar-refractivity contribution >= 4 is 0 Å². The van der Waals surface area contributed by atoms with Crippen LogP contribution in [0, 0.1) is 5.92 Å². The molecule has 0 amide bonds. The van der Waals surface area contributed by atoms with Gasteiger partial charge in [0.15, 0.2) is 0 Å². The molecule has 2 rings (SSSR count). The van der Waals surface area contributed by atoms with Crippen molar-refractivity contribution < 1.29 is 5.11 Å². The summed E-state index contributed by atoms with van der Waals surface area (Å²) in [4.78, 5) is 0. The van der Waals surface area contributed by atoms with Crippen LogP contribution in [0.15, 0.2) is 35.8 Å². The van der Waals surface area contributed by atoms with E-state index in [2.05, 4.69) is 31.3 Å². The third kappa shape index (κ3) is 2.41. The summed E-state index contributed by atoms with van der Waals surface area (Å²) in [5.41, 5.74) is 1.14. The Morgan fingerprint density at radius 1 is 1.43 bits per heavy atom. The molecule has 0 radical (unpaired) electrons. The lowest BCUT2D eigenvalue weighted by atomic mass is 9.93. The van der Waals surface area contributed by atoms with E-state index in [4.69, 9.17) is 0 Å². The van der Waals surface area contributed by atoms with Gasteiger partial charge in [0.25, 0.3) is 0 Å². The summed E-state index contributed by atoms with van der Waals surface area (Å²) in [6.45, 7) is 6.25. The van der Waals surface area contributed by atoms with Crippen molar-refractivity contribution in [2.75, 3.05) is 0 Å². The molecule has 2 nitrogen and oxygen atoms in total. The minimum atomic E-state index is 0.0960. The second-order valence-electron chi connectivity index (χ2n) is 3.77. The van der Waals surface area contributed by atoms with Crippen LogP contribution in [0.4, 0.5) is 0 Å². The van der Waals surface area contributed by atoms with E-state index in [9.17, 15) is 5.11 Å². The number of rotatable bonds is 0. The van der Waals surface area contributed by atoms with Crippen molar-refractivity contribution in [2.45, 2.75) is 33.2 Å². The molecule has 2 aliphatic rings. The van der Waals surface area contributed by atoms with Crippen LogP contribution in [-0.4, -0.2) is 11.1 Å². The lowest BCUT2D eigenvalue weighted by Gasteiger charge is -2.20. The van der Waals surface area contributed by atoms with Crippen LogP contribution in [0.2, 0.25) is 0 Å². The first-order chi connectivity index (χ1) is 6.69. The normalized spacial score (nSPS) is 27.9. The molecule has 2 heteroatoms. The highest BCUT2D eigenvalue weighted by Crippen LogP contribution is 2.25. The van der Waals surface area contributed by atoms with E-state index in [1.54, 1.807) is 6.08 Å². The Bertz CT molecular complexity index is 276. The van der Waals surface area contributed by atoms with Gasteiger partial charge in [-0.2, -0.15) is 0 Å². The van der Waals surface area contributed by atoms with Gasteiger partial charge >= 0.3 is 0 Å². The molecular formula is C12H19NO. The lowest BCUT2D eigenvalue weighted by molar-refractivity contribution is 0.338. The van der Waals surface area contributed by atoms with Crippen LogP contribution in [0.3, 0.4) is 0 Å². The van der Waals surface area contributed by atoms with Crippen molar-refractivity contribution in [2.24, 2.45) is 5.92 Å². The van der Waals surface area contributed by atoms with Crippen molar-refractivity contribution in [3.63, 3.8) is 0 Å². The zero-order valence-corrected chi connectivity index (χ0v) is 9.12. The van der Waals surface area contributed by atoms with Crippen LogP contribution in [0.5, 0.6) is 0 Å². The van der Waals surface area contributed by atoms with Gasteiger partial charge in [0, 0.05) is 5.92 Å². The second kappa shape index (κ2) is 4.89. The molecule has 0 saturated carbocycles. The Labute approximate surface area is 86.0 Å². The highest BCUT2D eigenvalue weighted by atomic mass is 16.3. The summed E-state index contributed by atoms with van der Waals surface area (Å²) >= 11 is 0. The van der Waals surface area contributed by atoms with Gasteiger partial charge in [0.2, 0.25) is 0 Å². The molecule has 1 heterocycles. The summed E-state index contributed by atoms with van der Waals surface area (Å²) in [6.07, 6.45) is 9.17. The van der Waals surface area contributed by atoms with Crippen molar-refractivity contribution in [1.82, 2.24) is 5.32 Å². The molecule has 2 N–H and O–H groups in total.